The number of ether oxygens (including phenoxy) is 2. The van der Waals surface area contributed by atoms with Crippen LogP contribution in [0.5, 0.6) is 0 Å². The van der Waals surface area contributed by atoms with Gasteiger partial charge in [-0.05, 0) is 13.8 Å². The minimum Gasteiger partial charge on any atom is -0.383 e. The van der Waals surface area contributed by atoms with Gasteiger partial charge in [-0.25, -0.2) is 10.8 Å². The molecule has 0 heterocycles. The smallest absolute Gasteiger partial charge is 0.208 e. The van der Waals surface area contributed by atoms with Crippen LogP contribution in [0.25, 0.3) is 0 Å². The normalized spacial score (nSPS) is 12.0. The summed E-state index contributed by atoms with van der Waals surface area (Å²) < 4.78 is 10.1. The predicted molar refractivity (Wildman–Crippen MR) is 65.2 cm³/mol. The van der Waals surface area contributed by atoms with E-state index in [1.54, 1.807) is 14.2 Å². The molecule has 6 nitrogen and oxygen atoms in total. The maximum Gasteiger partial charge on any atom is 0.208 e. The molecule has 96 valence electrons. The lowest BCUT2D eigenvalue weighted by atomic mass is 10.4. The highest BCUT2D eigenvalue weighted by molar-refractivity contribution is 5.79. The third kappa shape index (κ3) is 6.60. The maximum absolute atomic E-state index is 5.46. The van der Waals surface area contributed by atoms with E-state index in [1.165, 1.54) is 0 Å². The zero-order valence-electron chi connectivity index (χ0n) is 10.7. The van der Waals surface area contributed by atoms with Gasteiger partial charge >= 0.3 is 0 Å². The first-order valence-electron chi connectivity index (χ1n) is 5.43. The number of hydrogen-bond donors (Lipinski definition) is 2. The molecule has 3 N–H and O–H groups in total. The molecule has 0 aromatic carbocycles. The zero-order chi connectivity index (χ0) is 12.4. The van der Waals surface area contributed by atoms with E-state index in [4.69, 9.17) is 15.3 Å². The average molecular weight is 232 g/mol. The SMILES string of the molecule is COCCN(CCOC)C(=NC(C)C)NN. The fourth-order valence-electron chi connectivity index (χ4n) is 1.18. The topological polar surface area (TPSA) is 72.1 Å². The first-order chi connectivity index (χ1) is 7.65. The Kier molecular flexibility index (Phi) is 8.88. The molecule has 0 radical (unpaired) electrons. The van der Waals surface area contributed by atoms with Crippen molar-refractivity contribution in [2.75, 3.05) is 40.5 Å². The van der Waals surface area contributed by atoms with Gasteiger partial charge in [0.25, 0.3) is 0 Å². The van der Waals surface area contributed by atoms with E-state index in [9.17, 15) is 0 Å². The standard InChI is InChI=1S/C10H24N4O2/c1-9(2)12-10(13-11)14(5-7-15-3)6-8-16-4/h9H,5-8,11H2,1-4H3,(H,12,13). The number of hydrogen-bond acceptors (Lipinski definition) is 4. The van der Waals surface area contributed by atoms with E-state index in [-0.39, 0.29) is 6.04 Å². The molecular formula is C10H24N4O2. The molecule has 16 heavy (non-hydrogen) atoms. The number of guanidine groups is 1. The van der Waals surface area contributed by atoms with Gasteiger partial charge in [-0.2, -0.15) is 0 Å². The fraction of sp³-hybridized carbons (Fsp3) is 0.900. The van der Waals surface area contributed by atoms with Crippen LogP contribution in [0.4, 0.5) is 0 Å². The van der Waals surface area contributed by atoms with Crippen molar-refractivity contribution < 1.29 is 9.47 Å². The molecule has 0 aromatic rings. The van der Waals surface area contributed by atoms with Crippen molar-refractivity contribution in [1.82, 2.24) is 10.3 Å². The Morgan fingerprint density at radius 1 is 1.25 bits per heavy atom. The molecule has 0 aromatic heterocycles. The molecule has 0 aliphatic carbocycles. The van der Waals surface area contributed by atoms with Crippen molar-refractivity contribution >= 4 is 5.96 Å². The highest BCUT2D eigenvalue weighted by Gasteiger charge is 2.10. The predicted octanol–water partition coefficient (Wildman–Crippen LogP) is -0.191. The molecule has 0 saturated carbocycles. The van der Waals surface area contributed by atoms with Crippen molar-refractivity contribution in [3.63, 3.8) is 0 Å². The summed E-state index contributed by atoms with van der Waals surface area (Å²) in [6.45, 7) is 6.72. The van der Waals surface area contributed by atoms with Crippen LogP contribution in [-0.4, -0.2) is 57.4 Å². The second kappa shape index (κ2) is 9.38. The van der Waals surface area contributed by atoms with E-state index in [2.05, 4.69) is 10.4 Å². The molecule has 0 fully saturated rings. The van der Waals surface area contributed by atoms with E-state index >= 15 is 0 Å². The summed E-state index contributed by atoms with van der Waals surface area (Å²) in [5.74, 6) is 6.13. The van der Waals surface area contributed by atoms with Crippen LogP contribution >= 0.6 is 0 Å². The van der Waals surface area contributed by atoms with Gasteiger partial charge in [0, 0.05) is 33.4 Å². The summed E-state index contributed by atoms with van der Waals surface area (Å²) in [6.07, 6.45) is 0. The Hall–Kier alpha value is -0.850. The van der Waals surface area contributed by atoms with Crippen LogP contribution < -0.4 is 11.3 Å². The van der Waals surface area contributed by atoms with Gasteiger partial charge in [-0.15, -0.1) is 0 Å². The number of nitrogens with one attached hydrogen (secondary N) is 1. The number of nitrogens with two attached hydrogens (primary N) is 1. The van der Waals surface area contributed by atoms with Crippen LogP contribution in [0.2, 0.25) is 0 Å². The molecule has 0 aliphatic heterocycles. The van der Waals surface area contributed by atoms with Crippen LogP contribution in [0.15, 0.2) is 4.99 Å². The Labute approximate surface area is 97.8 Å². The number of nitrogens with zero attached hydrogens (tertiary/aromatic N) is 2. The highest BCUT2D eigenvalue weighted by atomic mass is 16.5. The Morgan fingerprint density at radius 2 is 1.75 bits per heavy atom. The van der Waals surface area contributed by atoms with Crippen LogP contribution in [-0.2, 0) is 9.47 Å². The molecule has 0 aliphatic rings. The first-order valence-corrected chi connectivity index (χ1v) is 5.43. The van der Waals surface area contributed by atoms with E-state index in [0.717, 1.165) is 13.1 Å². The molecular weight excluding hydrogens is 208 g/mol. The monoisotopic (exact) mass is 232 g/mol. The molecule has 0 atom stereocenters. The third-order valence-corrected chi connectivity index (χ3v) is 1.94. The molecule has 0 saturated heterocycles. The van der Waals surface area contributed by atoms with Crippen molar-refractivity contribution in [1.29, 1.82) is 0 Å². The van der Waals surface area contributed by atoms with E-state index < -0.39 is 0 Å². The molecule has 0 amide bonds. The number of aliphatic imine (C=N–C) groups is 1. The van der Waals surface area contributed by atoms with Crippen LogP contribution in [0.3, 0.4) is 0 Å². The first kappa shape index (κ1) is 15.2. The summed E-state index contributed by atoms with van der Waals surface area (Å²) in [6, 6.07) is 0.193. The second-order valence-electron chi connectivity index (χ2n) is 3.66. The van der Waals surface area contributed by atoms with E-state index in [0.29, 0.717) is 19.2 Å². The maximum atomic E-state index is 5.46. The Bertz CT molecular complexity index is 189. The summed E-state index contributed by atoms with van der Waals surface area (Å²) in [5.41, 5.74) is 2.62. The van der Waals surface area contributed by atoms with Gasteiger partial charge in [0.1, 0.15) is 0 Å². The summed E-state index contributed by atoms with van der Waals surface area (Å²) in [7, 11) is 3.34. The average Bonchev–Trinajstić information content (AvgIpc) is 2.26. The molecule has 6 heteroatoms. The van der Waals surface area contributed by atoms with Gasteiger partial charge in [0.2, 0.25) is 5.96 Å². The quantitative estimate of drug-likeness (QED) is 0.275. The van der Waals surface area contributed by atoms with Gasteiger partial charge in [0.15, 0.2) is 0 Å². The van der Waals surface area contributed by atoms with Crippen molar-refractivity contribution in [3.05, 3.63) is 0 Å². The summed E-state index contributed by atoms with van der Waals surface area (Å²) in [4.78, 5) is 6.40. The number of rotatable bonds is 7. The van der Waals surface area contributed by atoms with Crippen molar-refractivity contribution in [3.8, 4) is 0 Å². The van der Waals surface area contributed by atoms with Crippen LogP contribution in [0.1, 0.15) is 13.8 Å². The van der Waals surface area contributed by atoms with Crippen molar-refractivity contribution in [2.45, 2.75) is 19.9 Å². The van der Waals surface area contributed by atoms with Gasteiger partial charge in [-0.3, -0.25) is 5.43 Å². The van der Waals surface area contributed by atoms with E-state index in [1.807, 2.05) is 18.7 Å². The van der Waals surface area contributed by atoms with Crippen LogP contribution in [0, 0.1) is 0 Å². The number of hydrazine groups is 1. The lowest BCUT2D eigenvalue weighted by Crippen LogP contribution is -2.47. The Morgan fingerprint density at radius 3 is 2.06 bits per heavy atom. The molecule has 0 bridgehead atoms. The molecule has 0 rings (SSSR count). The third-order valence-electron chi connectivity index (χ3n) is 1.94. The minimum absolute atomic E-state index is 0.193. The largest absolute Gasteiger partial charge is 0.383 e. The summed E-state index contributed by atoms with van der Waals surface area (Å²) >= 11 is 0. The minimum atomic E-state index is 0.193. The molecule has 0 unspecified atom stereocenters. The fourth-order valence-corrected chi connectivity index (χ4v) is 1.18. The zero-order valence-corrected chi connectivity index (χ0v) is 10.7. The Balaban J connectivity index is 4.42. The summed E-state index contributed by atoms with van der Waals surface area (Å²) in [5, 5.41) is 0. The highest BCUT2D eigenvalue weighted by Crippen LogP contribution is 1.94. The van der Waals surface area contributed by atoms with Crippen molar-refractivity contribution in [2.24, 2.45) is 10.8 Å². The van der Waals surface area contributed by atoms with Gasteiger partial charge < -0.3 is 14.4 Å². The second-order valence-corrected chi connectivity index (χ2v) is 3.66. The molecule has 0 spiro atoms. The lowest BCUT2D eigenvalue weighted by molar-refractivity contribution is 0.144. The number of methoxy groups -OCH3 is 2. The van der Waals surface area contributed by atoms with Gasteiger partial charge in [-0.1, -0.05) is 0 Å². The lowest BCUT2D eigenvalue weighted by Gasteiger charge is -2.25. The van der Waals surface area contributed by atoms with Gasteiger partial charge in [0.05, 0.1) is 13.2 Å².